The maximum Gasteiger partial charge on any atom is 0.433 e. The van der Waals surface area contributed by atoms with Crippen molar-refractivity contribution in [3.05, 3.63) is 179 Å². The minimum atomic E-state index is -0.782. The largest absolute Gasteiger partial charge is 0.433 e. The zero-order valence-corrected chi connectivity index (χ0v) is 41.1. The SMILES string of the molecule is Cc1ccc(NC(=O)Oc2ccc(/C(=N/OC(=O)NCC3(C)CC(NC(=O)O/N=C(\c4ccccc4)c4ccc(OC(=O)Nc5ccc(C)c(N=C=O)c5)cc4)CC(C)(C)C3)c3ccccc3)cc2)cc1N=C=O. The molecule has 18 nitrogen and oxygen atoms in total. The van der Waals surface area contributed by atoms with Crippen LogP contribution in [0, 0.1) is 24.7 Å². The van der Waals surface area contributed by atoms with E-state index < -0.39 is 29.8 Å². The normalized spacial score (nSPS) is 15.9. The number of ether oxygens (including phenoxy) is 2. The van der Waals surface area contributed by atoms with Crippen molar-refractivity contribution in [3.8, 4) is 11.5 Å². The van der Waals surface area contributed by atoms with E-state index in [1.165, 1.54) is 24.3 Å². The number of oxime groups is 2. The molecule has 74 heavy (non-hydrogen) atoms. The van der Waals surface area contributed by atoms with Crippen LogP contribution in [0.3, 0.4) is 0 Å². The molecule has 18 heteroatoms. The molecule has 1 aliphatic rings. The van der Waals surface area contributed by atoms with Crippen LogP contribution in [0.5, 0.6) is 11.5 Å². The van der Waals surface area contributed by atoms with E-state index in [2.05, 4.69) is 55.4 Å². The Morgan fingerprint density at radius 1 is 0.554 bits per heavy atom. The summed E-state index contributed by atoms with van der Waals surface area (Å²) in [5, 5.41) is 19.6. The molecule has 0 aromatic heterocycles. The fourth-order valence-electron chi connectivity index (χ4n) is 8.87. The van der Waals surface area contributed by atoms with Gasteiger partial charge in [-0.15, -0.1) is 0 Å². The number of rotatable bonds is 15. The minimum Gasteiger partial charge on any atom is -0.410 e. The van der Waals surface area contributed by atoms with Gasteiger partial charge in [-0.1, -0.05) is 104 Å². The summed E-state index contributed by atoms with van der Waals surface area (Å²) >= 11 is 0. The van der Waals surface area contributed by atoms with Gasteiger partial charge in [-0.25, -0.2) is 28.8 Å². The molecule has 0 saturated heterocycles. The molecular weight excluding hydrogens is 945 g/mol. The highest BCUT2D eigenvalue weighted by Gasteiger charge is 2.42. The lowest BCUT2D eigenvalue weighted by Crippen LogP contribution is -2.50. The maximum atomic E-state index is 13.5. The number of amides is 4. The predicted molar refractivity (Wildman–Crippen MR) is 278 cm³/mol. The van der Waals surface area contributed by atoms with Gasteiger partial charge in [0.25, 0.3) is 0 Å². The van der Waals surface area contributed by atoms with Gasteiger partial charge in [-0.05, 0) is 128 Å². The highest BCUT2D eigenvalue weighted by atomic mass is 16.7. The highest BCUT2D eigenvalue weighted by Crippen LogP contribution is 2.46. The van der Waals surface area contributed by atoms with Crippen molar-refractivity contribution in [1.82, 2.24) is 10.6 Å². The van der Waals surface area contributed by atoms with Gasteiger partial charge < -0.3 is 20.1 Å². The number of nitrogens with one attached hydrogen (secondary N) is 4. The van der Waals surface area contributed by atoms with Gasteiger partial charge in [0.1, 0.15) is 22.9 Å². The van der Waals surface area contributed by atoms with Gasteiger partial charge in [0, 0.05) is 46.2 Å². The summed E-state index contributed by atoms with van der Waals surface area (Å²) in [5.41, 5.74) is 5.41. The molecule has 6 aromatic rings. The monoisotopic (exact) mass is 996 g/mol. The van der Waals surface area contributed by atoms with E-state index in [0.717, 1.165) is 17.5 Å². The Balaban J connectivity index is 0.954. The zero-order valence-electron chi connectivity index (χ0n) is 41.1. The number of hydrogen-bond donors (Lipinski definition) is 4. The van der Waals surface area contributed by atoms with Gasteiger partial charge in [0.05, 0.1) is 11.4 Å². The fraction of sp³-hybridized carbons (Fsp3) is 0.214. The molecule has 7 rings (SSSR count). The third kappa shape index (κ3) is 14.8. The van der Waals surface area contributed by atoms with Crippen molar-refractivity contribution in [2.24, 2.45) is 31.1 Å². The lowest BCUT2D eigenvalue weighted by atomic mass is 9.62. The Bertz CT molecular complexity index is 3170. The van der Waals surface area contributed by atoms with Crippen molar-refractivity contribution in [1.29, 1.82) is 0 Å². The molecule has 0 bridgehead atoms. The van der Waals surface area contributed by atoms with Gasteiger partial charge >= 0.3 is 24.4 Å². The first kappa shape index (κ1) is 52.3. The minimum absolute atomic E-state index is 0.210. The summed E-state index contributed by atoms with van der Waals surface area (Å²) in [6.45, 7) is 9.98. The summed E-state index contributed by atoms with van der Waals surface area (Å²) in [7, 11) is 0. The Hall–Kier alpha value is -9.50. The van der Waals surface area contributed by atoms with Crippen LogP contribution in [0.25, 0.3) is 0 Å². The van der Waals surface area contributed by atoms with Crippen molar-refractivity contribution < 1.29 is 47.9 Å². The summed E-state index contributed by atoms with van der Waals surface area (Å²) in [6, 6.07) is 40.7. The third-order valence-corrected chi connectivity index (χ3v) is 11.9. The molecule has 2 atom stereocenters. The molecule has 0 aliphatic heterocycles. The second-order valence-electron chi connectivity index (χ2n) is 18.6. The van der Waals surface area contributed by atoms with Crippen LogP contribution in [0.4, 0.5) is 41.9 Å². The Morgan fingerprint density at radius 2 is 0.986 bits per heavy atom. The molecular formula is C56H52N8O10. The lowest BCUT2D eigenvalue weighted by Gasteiger charge is -2.46. The molecule has 1 saturated carbocycles. The second-order valence-corrected chi connectivity index (χ2v) is 18.6. The predicted octanol–water partition coefficient (Wildman–Crippen LogP) is 11.7. The van der Waals surface area contributed by atoms with E-state index in [9.17, 15) is 28.8 Å². The van der Waals surface area contributed by atoms with Crippen molar-refractivity contribution in [3.63, 3.8) is 0 Å². The van der Waals surface area contributed by atoms with E-state index in [1.807, 2.05) is 67.6 Å². The summed E-state index contributed by atoms with van der Waals surface area (Å²) < 4.78 is 10.9. The van der Waals surface area contributed by atoms with E-state index in [4.69, 9.17) is 19.1 Å². The van der Waals surface area contributed by atoms with Crippen LogP contribution in [-0.4, -0.2) is 60.5 Å². The lowest BCUT2D eigenvalue weighted by molar-refractivity contribution is 0.0630. The number of aryl methyl sites for hydroxylation is 2. The Kier molecular flexibility index (Phi) is 17.0. The molecule has 6 aromatic carbocycles. The molecule has 376 valence electrons. The van der Waals surface area contributed by atoms with Crippen LogP contribution >= 0.6 is 0 Å². The first-order chi connectivity index (χ1) is 35.6. The van der Waals surface area contributed by atoms with Gasteiger partial charge in [0.15, 0.2) is 0 Å². The quantitative estimate of drug-likeness (QED) is 0.0328. The Morgan fingerprint density at radius 3 is 1.43 bits per heavy atom. The maximum absolute atomic E-state index is 13.5. The molecule has 4 N–H and O–H groups in total. The smallest absolute Gasteiger partial charge is 0.410 e. The number of carbonyl (C=O) groups excluding carboxylic acids is 6. The number of aliphatic imine (C=N–C) groups is 2. The van der Waals surface area contributed by atoms with Gasteiger partial charge in [0.2, 0.25) is 12.2 Å². The second kappa shape index (κ2) is 24.1. The number of anilines is 2. The molecule has 0 spiro atoms. The first-order valence-corrected chi connectivity index (χ1v) is 23.3. The number of nitrogens with zero attached hydrogens (tertiary/aromatic N) is 4. The molecule has 0 heterocycles. The summed E-state index contributed by atoms with van der Waals surface area (Å²) in [5.74, 6) is 0.460. The van der Waals surface area contributed by atoms with Gasteiger partial charge in [-0.2, -0.15) is 9.98 Å². The van der Waals surface area contributed by atoms with Crippen LogP contribution in [0.1, 0.15) is 73.4 Å². The number of isocyanates is 2. The highest BCUT2D eigenvalue weighted by molar-refractivity contribution is 6.13. The van der Waals surface area contributed by atoms with Crippen molar-refractivity contribution in [2.45, 2.75) is 59.9 Å². The first-order valence-electron chi connectivity index (χ1n) is 23.3. The number of hydrogen-bond acceptors (Lipinski definition) is 14. The molecule has 1 aliphatic carbocycles. The topological polar surface area (TPSA) is 237 Å². The number of benzene rings is 6. The molecule has 2 unspecified atom stereocenters. The fourth-order valence-corrected chi connectivity index (χ4v) is 8.87. The van der Waals surface area contributed by atoms with Crippen LogP contribution in [0.15, 0.2) is 166 Å². The van der Waals surface area contributed by atoms with Crippen LogP contribution < -0.4 is 30.7 Å². The van der Waals surface area contributed by atoms with E-state index in [0.29, 0.717) is 69.3 Å². The average molecular weight is 997 g/mol. The van der Waals surface area contributed by atoms with Crippen molar-refractivity contribution in [2.75, 3.05) is 17.2 Å². The Labute approximate surface area is 426 Å². The van der Waals surface area contributed by atoms with E-state index in [-0.39, 0.29) is 29.5 Å². The standard InChI is InChI=1S/C56H52N8O10/c1-36-16-22-42(28-47(36)58-34-65)60-52(68)71-45-24-18-40(19-25-45)49(38-12-8-6-9-13-38)63-73-51(67)57-33-56(5)31-44(30-55(3,4)32-56)62-54(70)74-64-50(39-14-10-7-11-15-39)41-20-26-46(27-21-41)72-53(69)61-43-23-17-37(2)48(29-43)59-35-66/h6-29,44H,30-33H2,1-5H3,(H,57,67)(H,60,68)(H,61,69)(H,62,70)/b63-49+,64-50+. The molecule has 4 amide bonds. The summed E-state index contributed by atoms with van der Waals surface area (Å²) in [4.78, 5) is 92.0. The third-order valence-electron chi connectivity index (χ3n) is 11.9. The van der Waals surface area contributed by atoms with E-state index in [1.54, 1.807) is 86.6 Å². The van der Waals surface area contributed by atoms with Crippen LogP contribution in [0.2, 0.25) is 0 Å². The van der Waals surface area contributed by atoms with Gasteiger partial charge in [-0.3, -0.25) is 20.3 Å². The zero-order chi connectivity index (χ0) is 52.7. The summed E-state index contributed by atoms with van der Waals surface area (Å²) in [6.07, 6.45) is 1.78. The molecule has 1 fully saturated rings. The average Bonchev–Trinajstić information content (AvgIpc) is 3.36. The van der Waals surface area contributed by atoms with Crippen molar-refractivity contribution >= 4 is 70.7 Å². The van der Waals surface area contributed by atoms with Crippen LogP contribution in [-0.2, 0) is 19.3 Å². The molecule has 0 radical (unpaired) electrons. The van der Waals surface area contributed by atoms with E-state index >= 15 is 0 Å². The number of carbonyl (C=O) groups is 4.